The zero-order valence-electron chi connectivity index (χ0n) is 15.8. The van der Waals surface area contributed by atoms with Gasteiger partial charge in [-0.2, -0.15) is 9.90 Å². The zero-order chi connectivity index (χ0) is 20.2. The molecule has 9 heteroatoms. The lowest BCUT2D eigenvalue weighted by molar-refractivity contribution is -0.120. The van der Waals surface area contributed by atoms with Crippen LogP contribution in [0.5, 0.6) is 5.75 Å². The number of aryl methyl sites for hydroxylation is 1. The topological polar surface area (TPSA) is 87.7 Å². The van der Waals surface area contributed by atoms with Crippen molar-refractivity contribution < 1.29 is 9.53 Å². The minimum absolute atomic E-state index is 0.185. The average molecular weight is 406 g/mol. The van der Waals surface area contributed by atoms with Gasteiger partial charge in [0.15, 0.2) is 5.16 Å². The van der Waals surface area contributed by atoms with E-state index in [0.717, 1.165) is 22.0 Å². The van der Waals surface area contributed by atoms with Crippen LogP contribution in [0.25, 0.3) is 16.9 Å². The summed E-state index contributed by atoms with van der Waals surface area (Å²) in [5.74, 6) is 0.462. The molecule has 0 aliphatic heterocycles. The number of thioether (sulfide) groups is 1. The number of aromatic nitrogens is 6. The molecule has 4 rings (SSSR count). The van der Waals surface area contributed by atoms with Crippen molar-refractivity contribution in [2.75, 3.05) is 0 Å². The minimum atomic E-state index is 0.185. The normalized spacial score (nSPS) is 11.9. The number of hydrogen-bond donors (Lipinski definition) is 0. The third-order valence-electron chi connectivity index (χ3n) is 4.33. The largest absolute Gasteiger partial charge is 0.429 e. The number of benzene rings is 2. The molecular weight excluding hydrogens is 388 g/mol. The number of carbonyl (C=O) groups is 1. The summed E-state index contributed by atoms with van der Waals surface area (Å²) < 4.78 is 6.80. The first-order valence-corrected chi connectivity index (χ1v) is 9.76. The Kier molecular flexibility index (Phi) is 5.39. The third kappa shape index (κ3) is 4.19. The first kappa shape index (κ1) is 18.9. The van der Waals surface area contributed by atoms with E-state index in [-0.39, 0.29) is 5.25 Å². The van der Waals surface area contributed by atoms with E-state index in [2.05, 4.69) is 39.5 Å². The monoisotopic (exact) mass is 406 g/mol. The van der Waals surface area contributed by atoms with Crippen LogP contribution in [-0.4, -0.2) is 36.2 Å². The molecule has 0 radical (unpaired) electrons. The van der Waals surface area contributed by atoms with Crippen LogP contribution in [0.1, 0.15) is 17.7 Å². The van der Waals surface area contributed by atoms with Gasteiger partial charge in [-0.05, 0) is 36.8 Å². The van der Waals surface area contributed by atoms with E-state index in [9.17, 15) is 4.79 Å². The van der Waals surface area contributed by atoms with Crippen molar-refractivity contribution in [1.82, 2.24) is 29.8 Å². The highest BCUT2D eigenvalue weighted by atomic mass is 32.2. The Labute approximate surface area is 171 Å². The summed E-state index contributed by atoms with van der Waals surface area (Å²) in [6, 6.07) is 15.2. The van der Waals surface area contributed by atoms with Crippen LogP contribution < -0.4 is 4.74 Å². The second-order valence-corrected chi connectivity index (χ2v) is 7.65. The van der Waals surface area contributed by atoms with E-state index >= 15 is 0 Å². The zero-order valence-corrected chi connectivity index (χ0v) is 16.7. The maximum absolute atomic E-state index is 10.6. The van der Waals surface area contributed by atoms with E-state index < -0.39 is 0 Å². The highest BCUT2D eigenvalue weighted by Crippen LogP contribution is 2.33. The first-order valence-electron chi connectivity index (χ1n) is 8.88. The Morgan fingerprint density at radius 1 is 1.17 bits per heavy atom. The lowest BCUT2D eigenvalue weighted by Crippen LogP contribution is -2.01. The summed E-state index contributed by atoms with van der Waals surface area (Å²) in [6.07, 6.45) is 3.38. The quantitative estimate of drug-likeness (QED) is 0.343. The van der Waals surface area contributed by atoms with Crippen molar-refractivity contribution in [3.63, 3.8) is 0 Å². The van der Waals surface area contributed by atoms with Crippen LogP contribution >= 0.6 is 11.8 Å². The lowest BCUT2D eigenvalue weighted by Gasteiger charge is -2.12. The van der Waals surface area contributed by atoms with Gasteiger partial charge in [-0.25, -0.2) is 0 Å². The number of rotatable bonds is 7. The van der Waals surface area contributed by atoms with Crippen molar-refractivity contribution in [3.8, 4) is 22.7 Å². The van der Waals surface area contributed by atoms with Crippen molar-refractivity contribution >= 4 is 18.2 Å². The van der Waals surface area contributed by atoms with Gasteiger partial charge in [-0.15, -0.1) is 15.3 Å². The van der Waals surface area contributed by atoms with E-state index in [0.29, 0.717) is 17.9 Å². The van der Waals surface area contributed by atoms with Crippen LogP contribution in [0.2, 0.25) is 0 Å². The fourth-order valence-corrected chi connectivity index (χ4v) is 3.72. The molecule has 1 atom stereocenters. The van der Waals surface area contributed by atoms with Crippen LogP contribution in [0, 0.1) is 0 Å². The Morgan fingerprint density at radius 3 is 2.83 bits per heavy atom. The number of ether oxygens (including phenoxy) is 1. The van der Waals surface area contributed by atoms with Gasteiger partial charge in [0.25, 0.3) is 6.47 Å². The van der Waals surface area contributed by atoms with Gasteiger partial charge in [0.05, 0.1) is 11.9 Å². The van der Waals surface area contributed by atoms with Gasteiger partial charge in [0.1, 0.15) is 17.8 Å². The molecule has 0 bridgehead atoms. The molecule has 0 saturated heterocycles. The Hall–Kier alpha value is -3.46. The summed E-state index contributed by atoms with van der Waals surface area (Å²) in [5.41, 5.74) is 3.50. The molecule has 2 aromatic heterocycles. The summed E-state index contributed by atoms with van der Waals surface area (Å²) in [5, 5.41) is 18.1. The molecule has 2 aromatic carbocycles. The van der Waals surface area contributed by atoms with Gasteiger partial charge in [-0.3, -0.25) is 4.79 Å². The summed E-state index contributed by atoms with van der Waals surface area (Å²) in [4.78, 5) is 12.1. The molecule has 4 aromatic rings. The molecular formula is C20H18N6O2S. The van der Waals surface area contributed by atoms with Crippen molar-refractivity contribution in [1.29, 1.82) is 0 Å². The molecule has 8 nitrogen and oxygen atoms in total. The summed E-state index contributed by atoms with van der Waals surface area (Å²) in [7, 11) is 1.93. The lowest BCUT2D eigenvalue weighted by atomic mass is 10.1. The van der Waals surface area contributed by atoms with Crippen LogP contribution in [0.15, 0.2) is 66.2 Å². The highest BCUT2D eigenvalue weighted by Gasteiger charge is 2.13. The molecule has 0 aliphatic rings. The van der Waals surface area contributed by atoms with Crippen LogP contribution in [0.3, 0.4) is 0 Å². The van der Waals surface area contributed by atoms with E-state index in [1.54, 1.807) is 47.3 Å². The van der Waals surface area contributed by atoms with Crippen molar-refractivity contribution in [2.45, 2.75) is 17.3 Å². The number of nitrogens with zero attached hydrogens (tertiary/aromatic N) is 6. The fraction of sp³-hybridized carbons (Fsp3) is 0.150. The smallest absolute Gasteiger partial charge is 0.298 e. The molecule has 0 amide bonds. The van der Waals surface area contributed by atoms with E-state index in [1.807, 2.05) is 29.8 Å². The van der Waals surface area contributed by atoms with Gasteiger partial charge < -0.3 is 9.30 Å². The number of carbonyl (C=O) groups excluding carboxylic acids is 1. The minimum Gasteiger partial charge on any atom is -0.429 e. The molecule has 2 heterocycles. The standard InChI is InChI=1S/C20H18N6O2S/c1-14(29-20-23-21-12-25(20)2)15-5-3-7-17(9-15)26-22-11-19(24-26)16-6-4-8-18(10-16)28-13-27/h3-14H,1-2H3/t14-/m0/s1. The van der Waals surface area contributed by atoms with E-state index in [4.69, 9.17) is 4.74 Å². The first-order chi connectivity index (χ1) is 14.1. The predicted molar refractivity (Wildman–Crippen MR) is 109 cm³/mol. The maximum Gasteiger partial charge on any atom is 0.298 e. The van der Waals surface area contributed by atoms with Gasteiger partial charge >= 0.3 is 0 Å². The van der Waals surface area contributed by atoms with Gasteiger partial charge in [0, 0.05) is 17.9 Å². The number of hydrogen-bond acceptors (Lipinski definition) is 7. The van der Waals surface area contributed by atoms with Crippen molar-refractivity contribution in [3.05, 3.63) is 66.6 Å². The van der Waals surface area contributed by atoms with Gasteiger partial charge in [-0.1, -0.05) is 36.0 Å². The molecule has 0 spiro atoms. The van der Waals surface area contributed by atoms with Gasteiger partial charge in [0.2, 0.25) is 0 Å². The molecule has 0 N–H and O–H groups in total. The second-order valence-electron chi connectivity index (χ2n) is 6.34. The van der Waals surface area contributed by atoms with Crippen LogP contribution in [0.4, 0.5) is 0 Å². The predicted octanol–water partition coefficient (Wildman–Crippen LogP) is 3.45. The Bertz CT molecular complexity index is 1140. The molecule has 146 valence electrons. The second kappa shape index (κ2) is 8.27. The van der Waals surface area contributed by atoms with E-state index in [1.165, 1.54) is 0 Å². The molecule has 29 heavy (non-hydrogen) atoms. The Morgan fingerprint density at radius 2 is 2.03 bits per heavy atom. The fourth-order valence-electron chi connectivity index (χ4n) is 2.81. The van der Waals surface area contributed by atoms with Crippen LogP contribution in [-0.2, 0) is 11.8 Å². The summed E-state index contributed by atoms with van der Waals surface area (Å²) >= 11 is 1.64. The molecule has 0 saturated carbocycles. The maximum atomic E-state index is 10.6. The average Bonchev–Trinajstić information content (AvgIpc) is 3.38. The van der Waals surface area contributed by atoms with Crippen molar-refractivity contribution in [2.24, 2.45) is 7.05 Å². The summed E-state index contributed by atoms with van der Waals surface area (Å²) in [6.45, 7) is 2.53. The highest BCUT2D eigenvalue weighted by molar-refractivity contribution is 7.99. The SMILES string of the molecule is C[C@H](Sc1nncn1C)c1cccc(-n2ncc(-c3cccc(OC=O)c3)n2)c1. The third-order valence-corrected chi connectivity index (χ3v) is 5.53. The molecule has 0 aliphatic carbocycles. The molecule has 0 fully saturated rings. The Balaban J connectivity index is 1.57. The molecule has 0 unspecified atom stereocenters.